The number of aryl methyl sites for hydroxylation is 2. The summed E-state index contributed by atoms with van der Waals surface area (Å²) in [6.07, 6.45) is 0. The fourth-order valence-corrected chi connectivity index (χ4v) is 2.90. The SMILES string of the molecule is Cc1ccc(S(=O)(=O)Nc2ccc(C)cc2OC(F)F)cc1. The lowest BCUT2D eigenvalue weighted by Gasteiger charge is -2.14. The molecule has 0 aliphatic heterocycles. The molecule has 0 aliphatic carbocycles. The number of anilines is 1. The van der Waals surface area contributed by atoms with Gasteiger partial charge in [0.25, 0.3) is 10.0 Å². The number of benzene rings is 2. The average molecular weight is 327 g/mol. The Balaban J connectivity index is 2.35. The summed E-state index contributed by atoms with van der Waals surface area (Å²) in [5, 5.41) is 0. The first kappa shape index (κ1) is 16.2. The van der Waals surface area contributed by atoms with Crippen molar-refractivity contribution in [3.63, 3.8) is 0 Å². The molecule has 0 fully saturated rings. The van der Waals surface area contributed by atoms with Crippen LogP contribution in [-0.2, 0) is 10.0 Å². The molecule has 0 aromatic heterocycles. The minimum atomic E-state index is -3.88. The number of rotatable bonds is 5. The lowest BCUT2D eigenvalue weighted by molar-refractivity contribution is -0.0493. The predicted molar refractivity (Wildman–Crippen MR) is 79.8 cm³/mol. The van der Waals surface area contributed by atoms with Gasteiger partial charge in [-0.15, -0.1) is 0 Å². The molecule has 0 amide bonds. The van der Waals surface area contributed by atoms with Crippen molar-refractivity contribution >= 4 is 15.7 Å². The van der Waals surface area contributed by atoms with E-state index in [0.29, 0.717) is 5.56 Å². The van der Waals surface area contributed by atoms with Crippen molar-refractivity contribution in [2.75, 3.05) is 4.72 Å². The molecule has 0 aliphatic rings. The summed E-state index contributed by atoms with van der Waals surface area (Å²) in [7, 11) is -3.88. The summed E-state index contributed by atoms with van der Waals surface area (Å²) in [5.41, 5.74) is 1.55. The third-order valence-electron chi connectivity index (χ3n) is 2.93. The van der Waals surface area contributed by atoms with Gasteiger partial charge >= 0.3 is 6.61 Å². The van der Waals surface area contributed by atoms with Gasteiger partial charge in [-0.1, -0.05) is 23.8 Å². The zero-order valence-corrected chi connectivity index (χ0v) is 12.8. The largest absolute Gasteiger partial charge is 0.433 e. The molecule has 0 bridgehead atoms. The van der Waals surface area contributed by atoms with Gasteiger partial charge in [-0.05, 0) is 43.7 Å². The number of ether oxygens (including phenoxy) is 1. The molecule has 2 aromatic rings. The molecule has 4 nitrogen and oxygen atoms in total. The Hall–Kier alpha value is -2.15. The summed E-state index contributed by atoms with van der Waals surface area (Å²) >= 11 is 0. The van der Waals surface area contributed by atoms with E-state index in [4.69, 9.17) is 0 Å². The first-order valence-corrected chi connectivity index (χ1v) is 7.91. The molecule has 0 spiro atoms. The van der Waals surface area contributed by atoms with Gasteiger partial charge in [0.1, 0.15) is 5.75 Å². The van der Waals surface area contributed by atoms with Crippen LogP contribution < -0.4 is 9.46 Å². The van der Waals surface area contributed by atoms with Crippen molar-refractivity contribution in [3.8, 4) is 5.75 Å². The summed E-state index contributed by atoms with van der Waals surface area (Å²) in [6, 6.07) is 10.5. The van der Waals surface area contributed by atoms with Gasteiger partial charge in [0.05, 0.1) is 10.6 Å². The maximum Gasteiger partial charge on any atom is 0.387 e. The Labute approximate surface area is 127 Å². The van der Waals surface area contributed by atoms with Crippen molar-refractivity contribution in [2.45, 2.75) is 25.4 Å². The number of alkyl halides is 2. The number of sulfonamides is 1. The average Bonchev–Trinajstić information content (AvgIpc) is 2.41. The molecule has 0 radical (unpaired) electrons. The van der Waals surface area contributed by atoms with E-state index in [1.807, 2.05) is 6.92 Å². The first-order valence-electron chi connectivity index (χ1n) is 6.43. The topological polar surface area (TPSA) is 55.4 Å². The van der Waals surface area contributed by atoms with Gasteiger partial charge in [0.15, 0.2) is 0 Å². The fourth-order valence-electron chi connectivity index (χ4n) is 1.83. The van der Waals surface area contributed by atoms with E-state index in [-0.39, 0.29) is 16.3 Å². The number of halogens is 2. The van der Waals surface area contributed by atoms with Gasteiger partial charge in [0, 0.05) is 0 Å². The Morgan fingerprint density at radius 3 is 2.18 bits per heavy atom. The van der Waals surface area contributed by atoms with E-state index in [9.17, 15) is 17.2 Å². The van der Waals surface area contributed by atoms with Crippen LogP contribution in [0.25, 0.3) is 0 Å². The predicted octanol–water partition coefficient (Wildman–Crippen LogP) is 3.71. The molecule has 0 heterocycles. The Morgan fingerprint density at radius 2 is 1.59 bits per heavy atom. The van der Waals surface area contributed by atoms with Crippen LogP contribution in [0.1, 0.15) is 11.1 Å². The van der Waals surface area contributed by atoms with E-state index in [1.54, 1.807) is 25.1 Å². The highest BCUT2D eigenvalue weighted by Gasteiger charge is 2.18. The van der Waals surface area contributed by atoms with Crippen LogP contribution in [0, 0.1) is 13.8 Å². The Morgan fingerprint density at radius 1 is 1.00 bits per heavy atom. The molecule has 22 heavy (non-hydrogen) atoms. The van der Waals surface area contributed by atoms with E-state index in [2.05, 4.69) is 9.46 Å². The first-order chi connectivity index (χ1) is 10.3. The summed E-state index contributed by atoms with van der Waals surface area (Å²) in [5.74, 6) is -0.217. The van der Waals surface area contributed by atoms with Crippen molar-refractivity contribution in [1.82, 2.24) is 0 Å². The summed E-state index contributed by atoms with van der Waals surface area (Å²) < 4.78 is 56.1. The minimum absolute atomic E-state index is 0.0357. The smallest absolute Gasteiger partial charge is 0.387 e. The molecule has 0 unspecified atom stereocenters. The molecule has 0 saturated carbocycles. The molecule has 118 valence electrons. The molecule has 1 N–H and O–H groups in total. The zero-order chi connectivity index (χ0) is 16.3. The second-order valence-corrected chi connectivity index (χ2v) is 6.48. The van der Waals surface area contributed by atoms with Crippen LogP contribution >= 0.6 is 0 Å². The molecule has 0 atom stereocenters. The van der Waals surface area contributed by atoms with Crippen molar-refractivity contribution < 1.29 is 21.9 Å². The van der Waals surface area contributed by atoms with Crippen LogP contribution in [0.5, 0.6) is 5.75 Å². The molecule has 2 rings (SSSR count). The highest BCUT2D eigenvalue weighted by molar-refractivity contribution is 7.92. The second-order valence-electron chi connectivity index (χ2n) is 4.80. The lowest BCUT2D eigenvalue weighted by Crippen LogP contribution is -2.14. The fraction of sp³-hybridized carbons (Fsp3) is 0.200. The van der Waals surface area contributed by atoms with E-state index in [0.717, 1.165) is 5.56 Å². The lowest BCUT2D eigenvalue weighted by atomic mass is 10.2. The van der Waals surface area contributed by atoms with Gasteiger partial charge in [-0.2, -0.15) is 8.78 Å². The molecule has 7 heteroatoms. The van der Waals surface area contributed by atoms with E-state index in [1.165, 1.54) is 24.3 Å². The van der Waals surface area contributed by atoms with Gasteiger partial charge in [0.2, 0.25) is 0 Å². The minimum Gasteiger partial charge on any atom is -0.433 e. The van der Waals surface area contributed by atoms with Crippen LogP contribution in [0.4, 0.5) is 14.5 Å². The molecular weight excluding hydrogens is 312 g/mol. The number of hydrogen-bond acceptors (Lipinski definition) is 3. The maximum absolute atomic E-state index is 12.4. The molecule has 2 aromatic carbocycles. The van der Waals surface area contributed by atoms with Crippen molar-refractivity contribution in [2.24, 2.45) is 0 Å². The van der Waals surface area contributed by atoms with Crippen molar-refractivity contribution in [1.29, 1.82) is 0 Å². The quantitative estimate of drug-likeness (QED) is 0.911. The number of nitrogens with one attached hydrogen (secondary N) is 1. The van der Waals surface area contributed by atoms with Crippen LogP contribution in [0.15, 0.2) is 47.4 Å². The van der Waals surface area contributed by atoms with Crippen molar-refractivity contribution in [3.05, 3.63) is 53.6 Å². The van der Waals surface area contributed by atoms with Crippen LogP contribution in [0.2, 0.25) is 0 Å². The van der Waals surface area contributed by atoms with Gasteiger partial charge in [-0.3, -0.25) is 4.72 Å². The number of hydrogen-bond donors (Lipinski definition) is 1. The van der Waals surface area contributed by atoms with Crippen LogP contribution in [0.3, 0.4) is 0 Å². The standard InChI is InChI=1S/C15H15F2NO3S/c1-10-3-6-12(7-4-10)22(19,20)18-13-8-5-11(2)9-14(13)21-15(16)17/h3-9,15,18H,1-2H3. The molecule has 0 saturated heterocycles. The third kappa shape index (κ3) is 3.94. The highest BCUT2D eigenvalue weighted by atomic mass is 32.2. The van der Waals surface area contributed by atoms with E-state index >= 15 is 0 Å². The summed E-state index contributed by atoms with van der Waals surface area (Å²) in [4.78, 5) is 0.0432. The maximum atomic E-state index is 12.4. The zero-order valence-electron chi connectivity index (χ0n) is 12.0. The van der Waals surface area contributed by atoms with Gasteiger partial charge < -0.3 is 4.74 Å². The van der Waals surface area contributed by atoms with Gasteiger partial charge in [-0.25, -0.2) is 8.42 Å². The monoisotopic (exact) mass is 327 g/mol. The highest BCUT2D eigenvalue weighted by Crippen LogP contribution is 2.29. The van der Waals surface area contributed by atoms with Crippen LogP contribution in [-0.4, -0.2) is 15.0 Å². The normalized spacial score (nSPS) is 11.5. The van der Waals surface area contributed by atoms with E-state index < -0.39 is 16.6 Å². The summed E-state index contributed by atoms with van der Waals surface area (Å²) in [6.45, 7) is 0.485. The third-order valence-corrected chi connectivity index (χ3v) is 4.31. The second kappa shape index (κ2) is 6.31. The Bertz CT molecular complexity index is 759. The Kier molecular flexibility index (Phi) is 4.65. The molecular formula is C15H15F2NO3S.